The van der Waals surface area contributed by atoms with Crippen LogP contribution in [0.1, 0.15) is 38.3 Å². The Morgan fingerprint density at radius 2 is 1.69 bits per heavy atom. The van der Waals surface area contributed by atoms with Gasteiger partial charge in [-0.1, -0.05) is 42.5 Å². The highest BCUT2D eigenvalue weighted by atomic mass is 16.6. The van der Waals surface area contributed by atoms with Crippen LogP contribution in [0.25, 0.3) is 17.2 Å². The van der Waals surface area contributed by atoms with E-state index in [9.17, 15) is 14.4 Å². The van der Waals surface area contributed by atoms with Crippen LogP contribution in [0.4, 0.5) is 4.79 Å². The fraction of sp³-hybridized carbons (Fsp3) is 0.320. The quantitative estimate of drug-likeness (QED) is 0.494. The standard InChI is InChI=1S/C25H29NO6/c1-25(2,3)32-24(30)26(4)16-18-7-6-8-20(14-18)19-11-9-17(10-12-19)13-21(15-22(27)28)23(29)31-5/h6-14H,15-16H2,1-5H3,(H,27,28). The molecule has 0 saturated carbocycles. The molecule has 7 nitrogen and oxygen atoms in total. The Morgan fingerprint density at radius 1 is 1.03 bits per heavy atom. The van der Waals surface area contributed by atoms with E-state index in [0.717, 1.165) is 16.7 Å². The van der Waals surface area contributed by atoms with Gasteiger partial charge in [0.05, 0.1) is 13.5 Å². The van der Waals surface area contributed by atoms with Crippen LogP contribution in [-0.2, 0) is 25.6 Å². The molecule has 0 spiro atoms. The van der Waals surface area contributed by atoms with Crippen molar-refractivity contribution in [1.29, 1.82) is 0 Å². The van der Waals surface area contributed by atoms with Crippen LogP contribution in [-0.4, -0.2) is 47.8 Å². The number of amides is 1. The number of hydrogen-bond donors (Lipinski definition) is 1. The van der Waals surface area contributed by atoms with Crippen molar-refractivity contribution in [2.24, 2.45) is 0 Å². The molecule has 1 amide bonds. The summed E-state index contributed by atoms with van der Waals surface area (Å²) in [6, 6.07) is 15.2. The molecule has 7 heteroatoms. The monoisotopic (exact) mass is 439 g/mol. The van der Waals surface area contributed by atoms with Crippen molar-refractivity contribution in [3.8, 4) is 11.1 Å². The van der Waals surface area contributed by atoms with Gasteiger partial charge in [0.2, 0.25) is 0 Å². The van der Waals surface area contributed by atoms with Crippen LogP contribution in [0.15, 0.2) is 54.1 Å². The number of ether oxygens (including phenoxy) is 2. The van der Waals surface area contributed by atoms with Crippen LogP contribution in [0.3, 0.4) is 0 Å². The number of carbonyl (C=O) groups is 3. The first-order chi connectivity index (χ1) is 15.0. The van der Waals surface area contributed by atoms with Gasteiger partial charge in [-0.05, 0) is 55.2 Å². The van der Waals surface area contributed by atoms with E-state index >= 15 is 0 Å². The second-order valence-corrected chi connectivity index (χ2v) is 8.39. The van der Waals surface area contributed by atoms with Gasteiger partial charge in [-0.2, -0.15) is 0 Å². The molecule has 0 unspecified atom stereocenters. The summed E-state index contributed by atoms with van der Waals surface area (Å²) in [6.07, 6.45) is 0.708. The second-order valence-electron chi connectivity index (χ2n) is 8.39. The van der Waals surface area contributed by atoms with Crippen LogP contribution in [0.2, 0.25) is 0 Å². The molecule has 0 atom stereocenters. The summed E-state index contributed by atoms with van der Waals surface area (Å²) in [5.74, 6) is -1.77. The molecular weight excluding hydrogens is 410 g/mol. The molecule has 0 radical (unpaired) electrons. The molecule has 0 heterocycles. The summed E-state index contributed by atoms with van der Waals surface area (Å²) in [5.41, 5.74) is 3.07. The third kappa shape index (κ3) is 7.58. The van der Waals surface area contributed by atoms with E-state index in [1.807, 2.05) is 57.2 Å². The zero-order chi connectivity index (χ0) is 23.9. The molecule has 0 aliphatic heterocycles. The van der Waals surface area contributed by atoms with Crippen molar-refractivity contribution in [3.63, 3.8) is 0 Å². The Bertz CT molecular complexity index is 1000. The first-order valence-electron chi connectivity index (χ1n) is 10.1. The number of methoxy groups -OCH3 is 1. The Labute approximate surface area is 188 Å². The van der Waals surface area contributed by atoms with Crippen molar-refractivity contribution in [2.45, 2.75) is 39.3 Å². The molecule has 0 fully saturated rings. The van der Waals surface area contributed by atoms with Gasteiger partial charge in [0.15, 0.2) is 0 Å². The maximum absolute atomic E-state index is 12.2. The molecular formula is C25H29NO6. The van der Waals surface area contributed by atoms with Crippen LogP contribution < -0.4 is 0 Å². The Balaban J connectivity index is 2.18. The molecule has 1 N–H and O–H groups in total. The highest BCUT2D eigenvalue weighted by molar-refractivity contribution is 5.97. The van der Waals surface area contributed by atoms with Crippen molar-refractivity contribution < 1.29 is 29.0 Å². The summed E-state index contributed by atoms with van der Waals surface area (Å²) >= 11 is 0. The van der Waals surface area contributed by atoms with E-state index < -0.39 is 24.0 Å². The lowest BCUT2D eigenvalue weighted by atomic mass is 10.0. The average molecular weight is 440 g/mol. The minimum atomic E-state index is -1.11. The first kappa shape index (κ1) is 24.7. The largest absolute Gasteiger partial charge is 0.481 e. The topological polar surface area (TPSA) is 93.1 Å². The second kappa shape index (κ2) is 10.6. The van der Waals surface area contributed by atoms with Crippen molar-refractivity contribution >= 4 is 24.1 Å². The molecule has 32 heavy (non-hydrogen) atoms. The summed E-state index contributed by atoms with van der Waals surface area (Å²) < 4.78 is 10.1. The number of esters is 1. The fourth-order valence-corrected chi connectivity index (χ4v) is 2.98. The van der Waals surface area contributed by atoms with E-state index in [1.54, 1.807) is 19.2 Å². The van der Waals surface area contributed by atoms with Crippen molar-refractivity contribution in [1.82, 2.24) is 4.90 Å². The third-order valence-corrected chi connectivity index (χ3v) is 4.43. The number of benzene rings is 2. The number of hydrogen-bond acceptors (Lipinski definition) is 5. The number of nitrogens with zero attached hydrogens (tertiary/aromatic N) is 1. The summed E-state index contributed by atoms with van der Waals surface area (Å²) in [5, 5.41) is 9.00. The van der Waals surface area contributed by atoms with Gasteiger partial charge in [0.25, 0.3) is 0 Å². The number of carboxylic acid groups (broad SMARTS) is 1. The molecule has 2 aromatic carbocycles. The van der Waals surface area contributed by atoms with Crippen LogP contribution in [0.5, 0.6) is 0 Å². The molecule has 0 bridgehead atoms. The fourth-order valence-electron chi connectivity index (χ4n) is 2.98. The zero-order valence-corrected chi connectivity index (χ0v) is 19.0. The molecule has 2 rings (SSSR count). The molecule has 0 aliphatic rings. The van der Waals surface area contributed by atoms with E-state index in [2.05, 4.69) is 4.74 Å². The maximum atomic E-state index is 12.2. The summed E-state index contributed by atoms with van der Waals surface area (Å²) in [4.78, 5) is 36.5. The molecule has 0 aromatic heterocycles. The molecule has 0 aliphatic carbocycles. The lowest BCUT2D eigenvalue weighted by Gasteiger charge is -2.24. The van der Waals surface area contributed by atoms with Crippen LogP contribution >= 0.6 is 0 Å². The Morgan fingerprint density at radius 3 is 2.25 bits per heavy atom. The lowest BCUT2D eigenvalue weighted by molar-refractivity contribution is -0.141. The van der Waals surface area contributed by atoms with Gasteiger partial charge in [0, 0.05) is 19.2 Å². The van der Waals surface area contributed by atoms with Crippen LogP contribution in [0, 0.1) is 0 Å². The predicted octanol–water partition coefficient (Wildman–Crippen LogP) is 4.75. The van der Waals surface area contributed by atoms with Gasteiger partial charge in [-0.15, -0.1) is 0 Å². The van der Waals surface area contributed by atoms with E-state index in [4.69, 9.17) is 9.84 Å². The molecule has 2 aromatic rings. The van der Waals surface area contributed by atoms with E-state index in [-0.39, 0.29) is 11.7 Å². The van der Waals surface area contributed by atoms with Gasteiger partial charge < -0.3 is 19.5 Å². The minimum Gasteiger partial charge on any atom is -0.481 e. The predicted molar refractivity (Wildman–Crippen MR) is 122 cm³/mol. The number of carbonyl (C=O) groups excluding carboxylic acids is 2. The highest BCUT2D eigenvalue weighted by Gasteiger charge is 2.19. The summed E-state index contributed by atoms with van der Waals surface area (Å²) in [7, 11) is 2.91. The number of aliphatic carboxylic acids is 1. The van der Waals surface area contributed by atoms with Gasteiger partial charge in [-0.25, -0.2) is 9.59 Å². The first-order valence-corrected chi connectivity index (χ1v) is 10.1. The Hall–Kier alpha value is -3.61. The van der Waals surface area contributed by atoms with E-state index in [1.165, 1.54) is 18.1 Å². The third-order valence-electron chi connectivity index (χ3n) is 4.43. The Kier molecular flexibility index (Phi) is 8.18. The number of carboxylic acids is 1. The van der Waals surface area contributed by atoms with Crippen molar-refractivity contribution in [3.05, 3.63) is 65.2 Å². The minimum absolute atomic E-state index is 0.0694. The highest BCUT2D eigenvalue weighted by Crippen LogP contribution is 2.23. The average Bonchev–Trinajstić information content (AvgIpc) is 2.72. The maximum Gasteiger partial charge on any atom is 0.410 e. The van der Waals surface area contributed by atoms with Gasteiger partial charge >= 0.3 is 18.0 Å². The molecule has 170 valence electrons. The van der Waals surface area contributed by atoms with Crippen molar-refractivity contribution in [2.75, 3.05) is 14.2 Å². The van der Waals surface area contributed by atoms with E-state index in [0.29, 0.717) is 12.1 Å². The number of rotatable bonds is 7. The molecule has 0 saturated heterocycles. The normalized spacial score (nSPS) is 11.6. The summed E-state index contributed by atoms with van der Waals surface area (Å²) in [6.45, 7) is 5.89. The lowest BCUT2D eigenvalue weighted by Crippen LogP contribution is -2.33. The van der Waals surface area contributed by atoms with Gasteiger partial charge in [0.1, 0.15) is 5.60 Å². The SMILES string of the molecule is COC(=O)C(=Cc1ccc(-c2cccc(CN(C)C(=O)OC(C)(C)C)c2)cc1)CC(=O)O. The smallest absolute Gasteiger partial charge is 0.410 e. The van der Waals surface area contributed by atoms with Gasteiger partial charge in [-0.3, -0.25) is 4.79 Å². The zero-order valence-electron chi connectivity index (χ0n) is 19.0.